The normalized spacial score (nSPS) is 16.5. The van der Waals surface area contributed by atoms with Gasteiger partial charge in [-0.15, -0.1) is 0 Å². The second kappa shape index (κ2) is 7.23. The number of amides is 1. The summed E-state index contributed by atoms with van der Waals surface area (Å²) in [5.41, 5.74) is 0.571. The average Bonchev–Trinajstić information content (AvgIpc) is 3.36. The lowest BCUT2D eigenvalue weighted by Gasteiger charge is -2.25. The van der Waals surface area contributed by atoms with E-state index in [0.29, 0.717) is 17.7 Å². The number of hydrogen-bond acceptors (Lipinski definition) is 5. The fourth-order valence-corrected chi connectivity index (χ4v) is 4.00. The molecule has 0 saturated carbocycles. The smallest absolute Gasteiger partial charge is 0.332 e. The van der Waals surface area contributed by atoms with Crippen LogP contribution in [0.4, 0.5) is 0 Å². The number of rotatable bonds is 4. The van der Waals surface area contributed by atoms with Crippen molar-refractivity contribution in [3.63, 3.8) is 0 Å². The molecule has 1 aliphatic heterocycles. The largest absolute Gasteiger partial charge is 0.497 e. The summed E-state index contributed by atoms with van der Waals surface area (Å²) in [5, 5.41) is 0. The lowest BCUT2D eigenvalue weighted by molar-refractivity contribution is -0.132. The Balaban J connectivity index is 1.66. The Hall–Kier alpha value is -3.36. The minimum absolute atomic E-state index is 0.0756. The number of hydrogen-bond donors (Lipinski definition) is 0. The van der Waals surface area contributed by atoms with Gasteiger partial charge in [0, 0.05) is 20.6 Å². The van der Waals surface area contributed by atoms with E-state index in [0.717, 1.165) is 28.7 Å². The van der Waals surface area contributed by atoms with Gasteiger partial charge < -0.3 is 14.2 Å². The van der Waals surface area contributed by atoms with E-state index in [-0.39, 0.29) is 18.5 Å². The first-order chi connectivity index (χ1) is 13.9. The van der Waals surface area contributed by atoms with Crippen LogP contribution in [0.2, 0.25) is 0 Å². The van der Waals surface area contributed by atoms with Gasteiger partial charge in [0.2, 0.25) is 5.91 Å². The maximum atomic E-state index is 13.1. The Bertz CT molecular complexity index is 1190. The number of likely N-dealkylation sites (tertiary alicyclic amines) is 1. The Morgan fingerprint density at radius 1 is 1.21 bits per heavy atom. The van der Waals surface area contributed by atoms with E-state index >= 15 is 0 Å². The van der Waals surface area contributed by atoms with Crippen LogP contribution >= 0.6 is 0 Å². The highest BCUT2D eigenvalue weighted by molar-refractivity contribution is 5.77. The van der Waals surface area contributed by atoms with Crippen molar-refractivity contribution in [1.82, 2.24) is 23.6 Å². The van der Waals surface area contributed by atoms with E-state index in [9.17, 15) is 14.4 Å². The third-order valence-corrected chi connectivity index (χ3v) is 5.57. The van der Waals surface area contributed by atoms with Gasteiger partial charge in [0.05, 0.1) is 19.5 Å². The highest BCUT2D eigenvalue weighted by atomic mass is 16.5. The Morgan fingerprint density at radius 3 is 2.62 bits per heavy atom. The summed E-state index contributed by atoms with van der Waals surface area (Å²) in [6.45, 7) is 0.303. The van der Waals surface area contributed by atoms with Gasteiger partial charge in [0.25, 0.3) is 5.56 Å². The number of benzene rings is 1. The van der Waals surface area contributed by atoms with Crippen LogP contribution in [-0.2, 0) is 25.4 Å². The van der Waals surface area contributed by atoms with E-state index in [1.54, 1.807) is 30.7 Å². The molecule has 4 rings (SSSR count). The fourth-order valence-electron chi connectivity index (χ4n) is 4.00. The monoisotopic (exact) mass is 397 g/mol. The molecular weight excluding hydrogens is 374 g/mol. The third-order valence-electron chi connectivity index (χ3n) is 5.57. The molecule has 0 radical (unpaired) electrons. The summed E-state index contributed by atoms with van der Waals surface area (Å²) in [6.07, 6.45) is 3.19. The molecule has 0 bridgehead atoms. The molecule has 9 heteroatoms. The van der Waals surface area contributed by atoms with Crippen molar-refractivity contribution in [1.29, 1.82) is 0 Å². The maximum Gasteiger partial charge on any atom is 0.332 e. The second-order valence-corrected chi connectivity index (χ2v) is 7.28. The maximum absolute atomic E-state index is 13.1. The molecular formula is C20H23N5O4. The van der Waals surface area contributed by atoms with Crippen LogP contribution < -0.4 is 16.0 Å². The topological polar surface area (TPSA) is 91.4 Å². The molecule has 0 spiro atoms. The number of methoxy groups -OCH3 is 1. The third kappa shape index (κ3) is 3.12. The number of aryl methyl sites for hydroxylation is 2. The standard InChI is InChI=1S/C20H23N5O4/c1-22-12-21-18-17(22)19(27)25(20(28)23(18)2)11-16(26)24-10-4-5-15(24)13-6-8-14(29-3)9-7-13/h6-9,12,15H,4-5,10-11H2,1-3H3. The molecule has 3 aromatic rings. The Labute approximate surface area is 166 Å². The van der Waals surface area contributed by atoms with Crippen LogP contribution in [0.1, 0.15) is 24.4 Å². The van der Waals surface area contributed by atoms with E-state index < -0.39 is 11.2 Å². The summed E-state index contributed by atoms with van der Waals surface area (Å²) < 4.78 is 9.06. The number of carbonyl (C=O) groups excluding carboxylic acids is 1. The molecule has 1 amide bonds. The zero-order valence-electron chi connectivity index (χ0n) is 16.7. The van der Waals surface area contributed by atoms with Gasteiger partial charge in [-0.2, -0.15) is 0 Å². The predicted molar refractivity (Wildman–Crippen MR) is 107 cm³/mol. The number of imidazole rings is 1. The summed E-state index contributed by atoms with van der Waals surface area (Å²) >= 11 is 0. The van der Waals surface area contributed by atoms with Crippen molar-refractivity contribution in [3.05, 3.63) is 57.0 Å². The van der Waals surface area contributed by atoms with E-state index in [1.807, 2.05) is 24.3 Å². The first-order valence-corrected chi connectivity index (χ1v) is 9.46. The average molecular weight is 397 g/mol. The fraction of sp³-hybridized carbons (Fsp3) is 0.400. The molecule has 1 aliphatic rings. The minimum atomic E-state index is -0.547. The Morgan fingerprint density at radius 2 is 1.93 bits per heavy atom. The van der Waals surface area contributed by atoms with E-state index in [1.165, 1.54) is 10.9 Å². The number of nitrogens with zero attached hydrogens (tertiary/aromatic N) is 5. The van der Waals surface area contributed by atoms with Crippen molar-refractivity contribution < 1.29 is 9.53 Å². The quantitative estimate of drug-likeness (QED) is 0.650. The lowest BCUT2D eigenvalue weighted by atomic mass is 10.0. The molecule has 1 saturated heterocycles. The van der Waals surface area contributed by atoms with Gasteiger partial charge >= 0.3 is 5.69 Å². The van der Waals surface area contributed by atoms with Crippen LogP contribution in [0.25, 0.3) is 11.2 Å². The van der Waals surface area contributed by atoms with Gasteiger partial charge in [-0.3, -0.25) is 14.2 Å². The highest BCUT2D eigenvalue weighted by Crippen LogP contribution is 2.32. The molecule has 1 fully saturated rings. The molecule has 29 heavy (non-hydrogen) atoms. The van der Waals surface area contributed by atoms with Crippen LogP contribution in [0, 0.1) is 0 Å². The highest BCUT2D eigenvalue weighted by Gasteiger charge is 2.31. The molecule has 9 nitrogen and oxygen atoms in total. The lowest BCUT2D eigenvalue weighted by Crippen LogP contribution is -2.44. The van der Waals surface area contributed by atoms with Gasteiger partial charge in [-0.05, 0) is 30.5 Å². The summed E-state index contributed by atoms with van der Waals surface area (Å²) in [6, 6.07) is 7.55. The minimum Gasteiger partial charge on any atom is -0.497 e. The van der Waals surface area contributed by atoms with Crippen molar-refractivity contribution >= 4 is 17.1 Å². The van der Waals surface area contributed by atoms with E-state index in [2.05, 4.69) is 4.98 Å². The predicted octanol–water partition coefficient (Wildman–Crippen LogP) is 0.806. The summed E-state index contributed by atoms with van der Waals surface area (Å²) in [4.78, 5) is 44.5. The van der Waals surface area contributed by atoms with Gasteiger partial charge in [0.1, 0.15) is 12.3 Å². The summed E-state index contributed by atoms with van der Waals surface area (Å²) in [5.74, 6) is 0.508. The van der Waals surface area contributed by atoms with Crippen LogP contribution in [0.3, 0.4) is 0 Å². The summed E-state index contributed by atoms with van der Waals surface area (Å²) in [7, 11) is 4.85. The van der Waals surface area contributed by atoms with Crippen LogP contribution in [0.15, 0.2) is 40.2 Å². The van der Waals surface area contributed by atoms with Crippen molar-refractivity contribution in [3.8, 4) is 5.75 Å². The molecule has 0 N–H and O–H groups in total. The van der Waals surface area contributed by atoms with Gasteiger partial charge in [0.15, 0.2) is 11.2 Å². The van der Waals surface area contributed by atoms with Gasteiger partial charge in [-0.1, -0.05) is 12.1 Å². The molecule has 1 atom stereocenters. The van der Waals surface area contributed by atoms with Crippen molar-refractivity contribution in [2.45, 2.75) is 25.4 Å². The van der Waals surface area contributed by atoms with Crippen molar-refractivity contribution in [2.75, 3.05) is 13.7 Å². The first kappa shape index (κ1) is 19.0. The van der Waals surface area contributed by atoms with Crippen LogP contribution in [0.5, 0.6) is 5.75 Å². The van der Waals surface area contributed by atoms with E-state index in [4.69, 9.17) is 4.74 Å². The molecule has 1 aromatic carbocycles. The molecule has 3 heterocycles. The molecule has 0 aliphatic carbocycles. The van der Waals surface area contributed by atoms with Crippen molar-refractivity contribution in [2.24, 2.45) is 14.1 Å². The SMILES string of the molecule is COc1ccc(C2CCCN2C(=O)Cn2c(=O)c3c(ncn3C)n(C)c2=O)cc1. The molecule has 2 aromatic heterocycles. The second-order valence-electron chi connectivity index (χ2n) is 7.28. The van der Waals surface area contributed by atoms with Crippen LogP contribution in [-0.4, -0.2) is 43.1 Å². The zero-order chi connectivity index (χ0) is 20.7. The molecule has 1 unspecified atom stereocenters. The Kier molecular flexibility index (Phi) is 4.73. The number of ether oxygens (including phenoxy) is 1. The number of carbonyl (C=O) groups is 1. The first-order valence-electron chi connectivity index (χ1n) is 9.46. The zero-order valence-corrected chi connectivity index (χ0v) is 16.7. The van der Waals surface area contributed by atoms with Gasteiger partial charge in [-0.25, -0.2) is 14.3 Å². The number of fused-ring (bicyclic) bond motifs is 1. The number of aromatic nitrogens is 4. The molecule has 152 valence electrons.